The van der Waals surface area contributed by atoms with Crippen molar-refractivity contribution in [3.63, 3.8) is 0 Å². The molecule has 5 rings (SSSR count). The second kappa shape index (κ2) is 10.5. The molecular formula is C28H22ClF3N8. The topological polar surface area (TPSA) is 104 Å². The lowest BCUT2D eigenvalue weighted by atomic mass is 10.0. The van der Waals surface area contributed by atoms with E-state index >= 15 is 0 Å². The molecule has 3 aromatic heterocycles. The molecule has 1 atom stereocenters. The molecule has 3 heterocycles. The van der Waals surface area contributed by atoms with Crippen LogP contribution in [0.15, 0.2) is 61.1 Å². The maximum Gasteiger partial charge on any atom is 0.249 e. The van der Waals surface area contributed by atoms with Gasteiger partial charge in [0.15, 0.2) is 5.82 Å². The van der Waals surface area contributed by atoms with Crippen LogP contribution in [0.2, 0.25) is 5.02 Å². The van der Waals surface area contributed by atoms with Gasteiger partial charge in [0.25, 0.3) is 0 Å². The first-order chi connectivity index (χ1) is 19.0. The van der Waals surface area contributed by atoms with E-state index in [1.807, 2.05) is 27.0 Å². The number of pyridine rings is 2. The Morgan fingerprint density at radius 2 is 1.75 bits per heavy atom. The number of rotatable bonds is 6. The predicted molar refractivity (Wildman–Crippen MR) is 146 cm³/mol. The highest BCUT2D eigenvalue weighted by molar-refractivity contribution is 6.36. The summed E-state index contributed by atoms with van der Waals surface area (Å²) in [6.07, 6.45) is 4.25. The lowest BCUT2D eigenvalue weighted by molar-refractivity contribution is 0.347. The van der Waals surface area contributed by atoms with Crippen LogP contribution < -0.4 is 10.6 Å². The fourth-order valence-corrected chi connectivity index (χ4v) is 4.35. The Kier molecular flexibility index (Phi) is 7.04. The molecule has 0 aliphatic rings. The van der Waals surface area contributed by atoms with E-state index in [-0.39, 0.29) is 33.3 Å². The van der Waals surface area contributed by atoms with Gasteiger partial charge in [-0.1, -0.05) is 28.9 Å². The van der Waals surface area contributed by atoms with Crippen molar-refractivity contribution < 1.29 is 13.2 Å². The van der Waals surface area contributed by atoms with Gasteiger partial charge in [-0.2, -0.15) is 9.65 Å². The summed E-state index contributed by atoms with van der Waals surface area (Å²) in [5.41, 5.74) is 2.43. The minimum Gasteiger partial charge on any atom is -0.373 e. The van der Waals surface area contributed by atoms with Crippen LogP contribution in [0.3, 0.4) is 0 Å². The second-order valence-corrected chi connectivity index (χ2v) is 10.4. The van der Waals surface area contributed by atoms with E-state index in [0.717, 1.165) is 12.3 Å². The molecule has 0 bridgehead atoms. The summed E-state index contributed by atoms with van der Waals surface area (Å²) in [6, 6.07) is 11.8. The molecule has 2 N–H and O–H groups in total. The summed E-state index contributed by atoms with van der Waals surface area (Å²) >= 11 is 6.62. The number of hydrogen-bond donors (Lipinski definition) is 2. The first-order valence-electron chi connectivity index (χ1n) is 12.1. The third-order valence-corrected chi connectivity index (χ3v) is 6.41. The van der Waals surface area contributed by atoms with Crippen LogP contribution in [-0.4, -0.2) is 25.0 Å². The molecule has 0 amide bonds. The minimum atomic E-state index is -1.24. The Balaban J connectivity index is 1.62. The van der Waals surface area contributed by atoms with Crippen molar-refractivity contribution in [3.8, 4) is 6.07 Å². The number of aromatic nitrogens is 5. The minimum absolute atomic E-state index is 0.125. The predicted octanol–water partition coefficient (Wildman–Crippen LogP) is 6.86. The largest absolute Gasteiger partial charge is 0.373 e. The van der Waals surface area contributed by atoms with Crippen LogP contribution in [0.25, 0.3) is 10.9 Å². The lowest BCUT2D eigenvalue weighted by Gasteiger charge is -2.21. The highest BCUT2D eigenvalue weighted by Crippen LogP contribution is 2.37. The van der Waals surface area contributed by atoms with E-state index < -0.39 is 17.8 Å². The first kappa shape index (κ1) is 26.9. The van der Waals surface area contributed by atoms with Gasteiger partial charge < -0.3 is 10.6 Å². The Morgan fingerprint density at radius 1 is 1.00 bits per heavy atom. The molecule has 0 saturated heterocycles. The van der Waals surface area contributed by atoms with Crippen LogP contribution in [0.1, 0.15) is 43.6 Å². The Morgan fingerprint density at radius 3 is 2.40 bits per heavy atom. The quantitative estimate of drug-likeness (QED) is 0.218. The normalized spacial score (nSPS) is 12.2. The summed E-state index contributed by atoms with van der Waals surface area (Å²) < 4.78 is 42.7. The fraction of sp³-hybridized carbons (Fsp3) is 0.179. The van der Waals surface area contributed by atoms with E-state index in [0.29, 0.717) is 27.8 Å². The number of nitrogens with zero attached hydrogens (tertiary/aromatic N) is 6. The zero-order valence-electron chi connectivity index (χ0n) is 21.5. The van der Waals surface area contributed by atoms with E-state index in [1.54, 1.807) is 28.9 Å². The van der Waals surface area contributed by atoms with Crippen molar-refractivity contribution in [2.24, 2.45) is 0 Å². The van der Waals surface area contributed by atoms with Gasteiger partial charge in [0.05, 0.1) is 51.5 Å². The molecule has 0 radical (unpaired) electrons. The van der Waals surface area contributed by atoms with E-state index in [2.05, 4.69) is 37.0 Å². The van der Waals surface area contributed by atoms with Gasteiger partial charge in [-0.3, -0.25) is 4.98 Å². The van der Waals surface area contributed by atoms with E-state index in [4.69, 9.17) is 11.6 Å². The SMILES string of the molecule is CC(C)(C)n1cc([C@@H](Nc2cc(Cl)c3ncc(C#N)c(Nc4cnc(F)c(F)c4)c3c2)c2ccc(F)cc2)nn1. The molecule has 0 aliphatic carbocycles. The number of nitrogens with one attached hydrogen (secondary N) is 2. The molecule has 12 heteroatoms. The highest BCUT2D eigenvalue weighted by atomic mass is 35.5. The molecule has 0 spiro atoms. The highest BCUT2D eigenvalue weighted by Gasteiger charge is 2.23. The number of hydrogen-bond acceptors (Lipinski definition) is 7. The third-order valence-electron chi connectivity index (χ3n) is 6.12. The summed E-state index contributed by atoms with van der Waals surface area (Å²) in [5.74, 6) is -2.77. The van der Waals surface area contributed by atoms with Crippen molar-refractivity contribution in [1.29, 1.82) is 5.26 Å². The number of halogens is 4. The zero-order valence-corrected chi connectivity index (χ0v) is 22.3. The third kappa shape index (κ3) is 5.39. The Hall–Kier alpha value is -4.69. The molecule has 8 nitrogen and oxygen atoms in total. The van der Waals surface area contributed by atoms with Gasteiger partial charge in [0.2, 0.25) is 5.95 Å². The summed E-state index contributed by atoms with van der Waals surface area (Å²) in [6.45, 7) is 5.98. The number of anilines is 3. The summed E-state index contributed by atoms with van der Waals surface area (Å²) in [5, 5.41) is 25.4. The molecule has 40 heavy (non-hydrogen) atoms. The van der Waals surface area contributed by atoms with Crippen LogP contribution in [-0.2, 0) is 5.54 Å². The number of nitriles is 1. The molecule has 2 aromatic carbocycles. The maximum atomic E-state index is 13.9. The van der Waals surface area contributed by atoms with Crippen LogP contribution in [0, 0.1) is 28.9 Å². The Bertz CT molecular complexity index is 1760. The fourth-order valence-electron chi connectivity index (χ4n) is 4.08. The van der Waals surface area contributed by atoms with Crippen LogP contribution in [0.4, 0.5) is 30.2 Å². The second-order valence-electron chi connectivity index (χ2n) is 10.0. The number of fused-ring (bicyclic) bond motifs is 1. The first-order valence-corrected chi connectivity index (χ1v) is 12.5. The van der Waals surface area contributed by atoms with E-state index in [1.165, 1.54) is 18.3 Å². The lowest BCUT2D eigenvalue weighted by Crippen LogP contribution is -2.22. The van der Waals surface area contributed by atoms with Crippen molar-refractivity contribution in [3.05, 3.63) is 100 Å². The molecule has 0 unspecified atom stereocenters. The number of benzene rings is 2. The average molecular weight is 563 g/mol. The van der Waals surface area contributed by atoms with Gasteiger partial charge in [0.1, 0.15) is 17.6 Å². The van der Waals surface area contributed by atoms with Crippen LogP contribution >= 0.6 is 11.6 Å². The van der Waals surface area contributed by atoms with Gasteiger partial charge in [0, 0.05) is 23.3 Å². The Labute approximate surface area is 232 Å². The smallest absolute Gasteiger partial charge is 0.249 e. The maximum absolute atomic E-state index is 13.9. The molecular weight excluding hydrogens is 541 g/mol. The zero-order chi connectivity index (χ0) is 28.6. The standard InChI is InChI=1S/C28H22ClF3N8/c1-28(2,3)40-14-23(38-39-40)25(15-4-6-17(30)7-5-15)36-18-8-20-24(37-19-10-22(31)27(32)35-13-19)16(11-33)12-34-26(20)21(29)9-18/h4-10,12-14,25,36H,1-3H3,(H,34,37)/t25-/m0/s1. The van der Waals surface area contributed by atoms with Gasteiger partial charge >= 0.3 is 0 Å². The van der Waals surface area contributed by atoms with Crippen LogP contribution in [0.5, 0.6) is 0 Å². The van der Waals surface area contributed by atoms with Crippen molar-refractivity contribution in [2.45, 2.75) is 32.4 Å². The van der Waals surface area contributed by atoms with Crippen molar-refractivity contribution in [2.75, 3.05) is 10.6 Å². The molecule has 5 aromatic rings. The molecule has 0 aliphatic heterocycles. The van der Waals surface area contributed by atoms with Crippen molar-refractivity contribution in [1.82, 2.24) is 25.0 Å². The van der Waals surface area contributed by atoms with Gasteiger partial charge in [-0.05, 0) is 50.6 Å². The summed E-state index contributed by atoms with van der Waals surface area (Å²) in [4.78, 5) is 7.72. The van der Waals surface area contributed by atoms with E-state index in [9.17, 15) is 18.4 Å². The average Bonchev–Trinajstić information content (AvgIpc) is 3.41. The van der Waals surface area contributed by atoms with Gasteiger partial charge in [-0.15, -0.1) is 5.10 Å². The molecule has 0 fully saturated rings. The monoisotopic (exact) mass is 562 g/mol. The molecule has 0 saturated carbocycles. The van der Waals surface area contributed by atoms with Gasteiger partial charge in [-0.25, -0.2) is 18.4 Å². The summed E-state index contributed by atoms with van der Waals surface area (Å²) in [7, 11) is 0. The molecule has 202 valence electrons. The van der Waals surface area contributed by atoms with Crippen molar-refractivity contribution >= 4 is 39.6 Å².